The van der Waals surface area contributed by atoms with E-state index < -0.39 is 0 Å². The van der Waals surface area contributed by atoms with Crippen molar-refractivity contribution in [1.82, 2.24) is 9.97 Å². The molecule has 72 valence electrons. The van der Waals surface area contributed by atoms with Crippen LogP contribution in [0.4, 0.5) is 5.82 Å². The molecule has 4 nitrogen and oxygen atoms in total. The van der Waals surface area contributed by atoms with Gasteiger partial charge in [-0.05, 0) is 12.8 Å². The third kappa shape index (κ3) is 1.51. The van der Waals surface area contributed by atoms with E-state index in [2.05, 4.69) is 14.9 Å². The normalized spacial score (nSPS) is 15.6. The highest BCUT2D eigenvalue weighted by molar-refractivity contribution is 6.30. The summed E-state index contributed by atoms with van der Waals surface area (Å²) in [5.74, 6) is 0.671. The average Bonchev–Trinajstić information content (AvgIpc) is 2.70. The molecule has 2 heterocycles. The topological polar surface area (TPSA) is 52.8 Å². The first-order valence-electron chi connectivity index (χ1n) is 4.48. The van der Waals surface area contributed by atoms with Gasteiger partial charge in [-0.2, -0.15) is 5.26 Å². The van der Waals surface area contributed by atoms with E-state index in [-0.39, 0.29) is 5.15 Å². The van der Waals surface area contributed by atoms with Gasteiger partial charge in [-0.3, -0.25) is 0 Å². The largest absolute Gasteiger partial charge is 0.355 e. The second kappa shape index (κ2) is 3.81. The molecule has 0 amide bonds. The zero-order chi connectivity index (χ0) is 9.97. The van der Waals surface area contributed by atoms with Gasteiger partial charge in [-0.25, -0.2) is 9.97 Å². The predicted octanol–water partition coefficient (Wildman–Crippen LogP) is 1.60. The van der Waals surface area contributed by atoms with Gasteiger partial charge in [0.05, 0.1) is 0 Å². The van der Waals surface area contributed by atoms with E-state index in [0.29, 0.717) is 11.4 Å². The maximum atomic E-state index is 8.92. The zero-order valence-corrected chi connectivity index (χ0v) is 8.33. The summed E-state index contributed by atoms with van der Waals surface area (Å²) in [5, 5.41) is 9.16. The van der Waals surface area contributed by atoms with Crippen molar-refractivity contribution in [3.8, 4) is 6.07 Å². The molecule has 2 rings (SSSR count). The Hall–Kier alpha value is -1.34. The van der Waals surface area contributed by atoms with Crippen LogP contribution in [-0.4, -0.2) is 23.1 Å². The van der Waals surface area contributed by atoms with Crippen LogP contribution in [0.3, 0.4) is 0 Å². The van der Waals surface area contributed by atoms with Crippen molar-refractivity contribution in [1.29, 1.82) is 5.26 Å². The quantitative estimate of drug-likeness (QED) is 0.658. The van der Waals surface area contributed by atoms with Crippen LogP contribution in [0, 0.1) is 11.3 Å². The Morgan fingerprint density at radius 1 is 1.36 bits per heavy atom. The first-order valence-corrected chi connectivity index (χ1v) is 4.86. The molecule has 5 heteroatoms. The minimum atomic E-state index is 0.240. The molecule has 0 spiro atoms. The Morgan fingerprint density at radius 3 is 2.71 bits per heavy atom. The van der Waals surface area contributed by atoms with E-state index in [9.17, 15) is 0 Å². The summed E-state index contributed by atoms with van der Waals surface area (Å²) in [6.45, 7) is 1.89. The summed E-state index contributed by atoms with van der Waals surface area (Å²) in [6.07, 6.45) is 3.69. The SMILES string of the molecule is N#Cc1c(Cl)ncnc1N1CCCC1. The molecule has 0 unspecified atom stereocenters. The summed E-state index contributed by atoms with van der Waals surface area (Å²) < 4.78 is 0. The van der Waals surface area contributed by atoms with Gasteiger partial charge >= 0.3 is 0 Å². The average molecular weight is 209 g/mol. The maximum Gasteiger partial charge on any atom is 0.152 e. The molecule has 0 saturated carbocycles. The fourth-order valence-corrected chi connectivity index (χ4v) is 1.79. The Kier molecular flexibility index (Phi) is 2.51. The van der Waals surface area contributed by atoms with Crippen LogP contribution in [0.25, 0.3) is 0 Å². The van der Waals surface area contributed by atoms with Crippen LogP contribution in [0.1, 0.15) is 18.4 Å². The Balaban J connectivity index is 2.42. The van der Waals surface area contributed by atoms with Gasteiger partial charge in [0.1, 0.15) is 18.0 Å². The molecule has 0 radical (unpaired) electrons. The maximum absolute atomic E-state index is 8.92. The van der Waals surface area contributed by atoms with Crippen molar-refractivity contribution in [2.24, 2.45) is 0 Å². The number of aromatic nitrogens is 2. The van der Waals surface area contributed by atoms with Crippen molar-refractivity contribution >= 4 is 17.4 Å². The first kappa shape index (κ1) is 9.22. The number of hydrogen-bond acceptors (Lipinski definition) is 4. The standard InChI is InChI=1S/C9H9ClN4/c10-8-7(5-11)9(13-6-12-8)14-3-1-2-4-14/h6H,1-4H2. The molecule has 14 heavy (non-hydrogen) atoms. The molecule has 1 aliphatic heterocycles. The lowest BCUT2D eigenvalue weighted by atomic mass is 10.3. The van der Waals surface area contributed by atoms with Crippen LogP contribution in [0.15, 0.2) is 6.33 Å². The molecule has 1 aliphatic rings. The summed E-state index contributed by atoms with van der Waals surface area (Å²) in [6, 6.07) is 2.04. The molecule has 0 aliphatic carbocycles. The highest BCUT2D eigenvalue weighted by atomic mass is 35.5. The summed E-state index contributed by atoms with van der Waals surface area (Å²) >= 11 is 5.81. The van der Waals surface area contributed by atoms with Gasteiger partial charge in [0.25, 0.3) is 0 Å². The lowest BCUT2D eigenvalue weighted by Gasteiger charge is -2.16. The third-order valence-electron chi connectivity index (χ3n) is 2.30. The lowest BCUT2D eigenvalue weighted by Crippen LogP contribution is -2.20. The Morgan fingerprint density at radius 2 is 2.07 bits per heavy atom. The van der Waals surface area contributed by atoms with E-state index >= 15 is 0 Å². The first-order chi connectivity index (χ1) is 6.83. The zero-order valence-electron chi connectivity index (χ0n) is 7.57. The lowest BCUT2D eigenvalue weighted by molar-refractivity contribution is 0.923. The van der Waals surface area contributed by atoms with E-state index in [1.54, 1.807) is 0 Å². The van der Waals surface area contributed by atoms with Gasteiger partial charge in [0.15, 0.2) is 11.0 Å². The van der Waals surface area contributed by atoms with Crippen molar-refractivity contribution in [2.45, 2.75) is 12.8 Å². The van der Waals surface area contributed by atoms with E-state index in [0.717, 1.165) is 25.9 Å². The second-order valence-electron chi connectivity index (χ2n) is 3.17. The fourth-order valence-electron chi connectivity index (χ4n) is 1.62. The van der Waals surface area contributed by atoms with Crippen LogP contribution < -0.4 is 4.90 Å². The molecular formula is C9H9ClN4. The number of halogens is 1. The highest BCUT2D eigenvalue weighted by Gasteiger charge is 2.19. The number of rotatable bonds is 1. The molecule has 1 aromatic rings. The smallest absolute Gasteiger partial charge is 0.152 e. The van der Waals surface area contributed by atoms with Gasteiger partial charge in [0, 0.05) is 13.1 Å². The van der Waals surface area contributed by atoms with Crippen molar-refractivity contribution in [3.05, 3.63) is 17.0 Å². The summed E-state index contributed by atoms with van der Waals surface area (Å²) in [4.78, 5) is 9.96. The van der Waals surface area contributed by atoms with E-state index in [1.807, 2.05) is 6.07 Å². The molecule has 1 fully saturated rings. The number of nitriles is 1. The molecular weight excluding hydrogens is 200 g/mol. The monoisotopic (exact) mass is 208 g/mol. The minimum absolute atomic E-state index is 0.240. The molecule has 0 N–H and O–H groups in total. The van der Waals surface area contributed by atoms with Crippen molar-refractivity contribution < 1.29 is 0 Å². The van der Waals surface area contributed by atoms with Crippen molar-refractivity contribution in [2.75, 3.05) is 18.0 Å². The predicted molar refractivity (Wildman–Crippen MR) is 53.2 cm³/mol. The number of hydrogen-bond donors (Lipinski definition) is 0. The van der Waals surface area contributed by atoms with Gasteiger partial charge in [0.2, 0.25) is 0 Å². The summed E-state index contributed by atoms with van der Waals surface area (Å²) in [7, 11) is 0. The highest BCUT2D eigenvalue weighted by Crippen LogP contribution is 2.24. The molecule has 1 saturated heterocycles. The molecule has 0 atom stereocenters. The third-order valence-corrected chi connectivity index (χ3v) is 2.58. The Bertz CT molecular complexity index is 379. The fraction of sp³-hybridized carbons (Fsp3) is 0.444. The van der Waals surface area contributed by atoms with Gasteiger partial charge in [-0.15, -0.1) is 0 Å². The van der Waals surface area contributed by atoms with Crippen LogP contribution in [0.5, 0.6) is 0 Å². The van der Waals surface area contributed by atoms with E-state index in [1.165, 1.54) is 6.33 Å². The van der Waals surface area contributed by atoms with Crippen LogP contribution in [-0.2, 0) is 0 Å². The molecule has 0 aromatic carbocycles. The molecule has 1 aromatic heterocycles. The Labute approximate surface area is 87.1 Å². The van der Waals surface area contributed by atoms with Gasteiger partial charge < -0.3 is 4.90 Å². The van der Waals surface area contributed by atoms with Gasteiger partial charge in [-0.1, -0.05) is 11.6 Å². The second-order valence-corrected chi connectivity index (χ2v) is 3.53. The minimum Gasteiger partial charge on any atom is -0.355 e. The van der Waals surface area contributed by atoms with Crippen LogP contribution >= 0.6 is 11.6 Å². The van der Waals surface area contributed by atoms with Crippen molar-refractivity contribution in [3.63, 3.8) is 0 Å². The summed E-state index contributed by atoms with van der Waals surface area (Å²) in [5.41, 5.74) is 0.385. The van der Waals surface area contributed by atoms with E-state index in [4.69, 9.17) is 16.9 Å². The molecule has 0 bridgehead atoms. The number of anilines is 1. The van der Waals surface area contributed by atoms with Crippen LogP contribution in [0.2, 0.25) is 5.15 Å². The number of nitrogens with zero attached hydrogens (tertiary/aromatic N) is 4.